The lowest BCUT2D eigenvalue weighted by atomic mass is 10.2. The highest BCUT2D eigenvalue weighted by Gasteiger charge is 2.46. The molecular weight excluding hydrogens is 409 g/mol. The van der Waals surface area contributed by atoms with Crippen LogP contribution in [0.15, 0.2) is 60.7 Å². The quantitative estimate of drug-likeness (QED) is 0.521. The van der Waals surface area contributed by atoms with Crippen LogP contribution in [0.3, 0.4) is 0 Å². The Kier molecular flexibility index (Phi) is 8.78. The number of aliphatic hydroxyl groups is 2. The highest BCUT2D eigenvalue weighted by molar-refractivity contribution is 8.03. The molecule has 30 heavy (non-hydrogen) atoms. The number of hydrogen-bond acceptors (Lipinski definition) is 3. The van der Waals surface area contributed by atoms with Crippen molar-refractivity contribution in [1.82, 2.24) is 0 Å². The molecule has 0 amide bonds. The van der Waals surface area contributed by atoms with Gasteiger partial charge in [0.15, 0.2) is 0 Å². The fraction of sp³-hybridized carbons (Fsp3) is 0.500. The molecule has 0 bridgehead atoms. The van der Waals surface area contributed by atoms with Crippen LogP contribution < -0.4 is 10.6 Å². The first-order valence-electron chi connectivity index (χ1n) is 11.1. The van der Waals surface area contributed by atoms with E-state index in [1.54, 1.807) is 0 Å². The molecule has 2 radical (unpaired) electrons. The lowest BCUT2D eigenvalue weighted by Gasteiger charge is -2.25. The molecule has 2 heterocycles. The Hall–Kier alpha value is -0.915. The smallest absolute Gasteiger partial charge is 0.371 e. The van der Waals surface area contributed by atoms with Crippen molar-refractivity contribution in [1.29, 1.82) is 0 Å². The normalized spacial score (nSPS) is 30.6. The molecule has 6 heteroatoms. The second kappa shape index (κ2) is 11.1. The summed E-state index contributed by atoms with van der Waals surface area (Å²) in [5.41, 5.74) is 0.759. The van der Waals surface area contributed by atoms with Gasteiger partial charge in [0.1, 0.15) is 7.14 Å². The summed E-state index contributed by atoms with van der Waals surface area (Å²) in [6, 6.07) is 20.3. The SMILES string of the molecule is O=[P@]1(c2ccccc2)CCC[C@@H]1CCO.[B][P+]1(c2ccccc2)CCC[C@@H]1CCO. The van der Waals surface area contributed by atoms with Gasteiger partial charge in [0.05, 0.1) is 11.0 Å². The second-order valence-corrected chi connectivity index (χ2v) is 15.3. The Morgan fingerprint density at radius 2 is 1.53 bits per heavy atom. The van der Waals surface area contributed by atoms with E-state index in [0.717, 1.165) is 36.9 Å². The van der Waals surface area contributed by atoms with E-state index in [1.807, 2.05) is 36.4 Å². The van der Waals surface area contributed by atoms with Crippen LogP contribution in [0.25, 0.3) is 0 Å². The monoisotopic (exact) mass is 443 g/mol. The Balaban J connectivity index is 0.000000171. The Bertz CT molecular complexity index is 818. The molecule has 0 aliphatic carbocycles. The molecule has 4 rings (SSSR count). The molecule has 0 aromatic heterocycles. The first-order valence-corrected chi connectivity index (χ1v) is 15.2. The zero-order valence-electron chi connectivity index (χ0n) is 17.8. The summed E-state index contributed by atoms with van der Waals surface area (Å²) in [7, 11) is 2.94. The maximum atomic E-state index is 12.8. The summed E-state index contributed by atoms with van der Waals surface area (Å²) in [4.78, 5) is 0. The van der Waals surface area contributed by atoms with Gasteiger partial charge >= 0.3 is 7.57 Å². The van der Waals surface area contributed by atoms with Crippen molar-refractivity contribution < 1.29 is 14.8 Å². The van der Waals surface area contributed by atoms with E-state index in [9.17, 15) is 4.57 Å². The van der Waals surface area contributed by atoms with Gasteiger partial charge in [-0.3, -0.25) is 0 Å². The van der Waals surface area contributed by atoms with E-state index in [0.29, 0.717) is 12.1 Å². The molecule has 2 fully saturated rings. The van der Waals surface area contributed by atoms with Crippen LogP contribution in [0.2, 0.25) is 0 Å². The van der Waals surface area contributed by atoms with Gasteiger partial charge < -0.3 is 14.8 Å². The van der Waals surface area contributed by atoms with Gasteiger partial charge in [-0.25, -0.2) is 0 Å². The van der Waals surface area contributed by atoms with Gasteiger partial charge in [0.25, 0.3) is 0 Å². The van der Waals surface area contributed by atoms with Crippen LogP contribution >= 0.6 is 14.3 Å². The fourth-order valence-corrected chi connectivity index (χ4v) is 12.2. The molecule has 4 atom stereocenters. The lowest BCUT2D eigenvalue weighted by Crippen LogP contribution is -2.21. The molecule has 1 unspecified atom stereocenters. The minimum absolute atomic E-state index is 0.154. The van der Waals surface area contributed by atoms with Crippen molar-refractivity contribution >= 4 is 32.5 Å². The van der Waals surface area contributed by atoms with E-state index in [1.165, 1.54) is 18.1 Å². The summed E-state index contributed by atoms with van der Waals surface area (Å²) in [6.45, 7) is 0.429. The fourth-order valence-electron chi connectivity index (χ4n) is 5.05. The number of benzene rings is 2. The average molecular weight is 443 g/mol. The molecule has 2 N–H and O–H groups in total. The van der Waals surface area contributed by atoms with Crippen LogP contribution in [0.1, 0.15) is 38.5 Å². The number of aliphatic hydroxyl groups excluding tert-OH is 2. The highest BCUT2D eigenvalue weighted by atomic mass is 31.2. The van der Waals surface area contributed by atoms with E-state index in [-0.39, 0.29) is 18.9 Å². The maximum absolute atomic E-state index is 12.8. The molecule has 3 nitrogen and oxygen atoms in total. The van der Waals surface area contributed by atoms with E-state index in [2.05, 4.69) is 24.3 Å². The van der Waals surface area contributed by atoms with Crippen LogP contribution in [-0.2, 0) is 4.57 Å². The molecule has 160 valence electrons. The summed E-state index contributed by atoms with van der Waals surface area (Å²) < 4.78 is 12.8. The van der Waals surface area contributed by atoms with Crippen molar-refractivity contribution in [3.63, 3.8) is 0 Å². The van der Waals surface area contributed by atoms with Gasteiger partial charge in [-0.15, -0.1) is 0 Å². The summed E-state index contributed by atoms with van der Waals surface area (Å²) in [5.74, 6) is 0. The third kappa shape index (κ3) is 5.28. The number of hydrogen-bond donors (Lipinski definition) is 2. The Morgan fingerprint density at radius 1 is 0.900 bits per heavy atom. The topological polar surface area (TPSA) is 57.5 Å². The van der Waals surface area contributed by atoms with Gasteiger partial charge in [0, 0.05) is 42.9 Å². The summed E-state index contributed by atoms with van der Waals surface area (Å²) >= 11 is 0. The molecule has 2 aliphatic heterocycles. The molecule has 2 aromatic rings. The largest absolute Gasteiger partial charge is 0.396 e. The van der Waals surface area contributed by atoms with Crippen molar-refractivity contribution in [2.45, 2.75) is 49.8 Å². The maximum Gasteiger partial charge on any atom is 0.371 e. The van der Waals surface area contributed by atoms with E-state index < -0.39 is 14.3 Å². The predicted molar refractivity (Wildman–Crippen MR) is 132 cm³/mol. The molecule has 2 aromatic carbocycles. The standard InChI is InChI=1S/C12H17BOP.C12H17O2P/c13-15(11-5-2-1-3-6-11)10-4-7-12(15)8-9-14;13-9-8-12-7-4-10-15(12,14)11-5-2-1-3-6-11/h1-3,5-6,12,14H,4,7-10H2;1-3,5-6,12-13H,4,7-10H2/q+1;/t12-,15?;12-,15+/m11/s1. The van der Waals surface area contributed by atoms with Crippen LogP contribution in [-0.4, -0.2) is 54.6 Å². The van der Waals surface area contributed by atoms with Crippen LogP contribution in [0.5, 0.6) is 0 Å². The lowest BCUT2D eigenvalue weighted by molar-refractivity contribution is 0.285. The molecule has 2 aliphatic rings. The second-order valence-electron chi connectivity index (χ2n) is 8.46. The van der Waals surface area contributed by atoms with E-state index in [4.69, 9.17) is 17.8 Å². The minimum Gasteiger partial charge on any atom is -0.396 e. The predicted octanol–water partition coefficient (Wildman–Crippen LogP) is 4.18. The van der Waals surface area contributed by atoms with Crippen LogP contribution in [0, 0.1) is 0 Å². The van der Waals surface area contributed by atoms with Gasteiger partial charge in [-0.1, -0.05) is 48.5 Å². The highest BCUT2D eigenvalue weighted by Crippen LogP contribution is 2.64. The molecular formula is C24H34BO3P2+. The third-order valence-corrected chi connectivity index (χ3v) is 14.7. The average Bonchev–Trinajstić information content (AvgIpc) is 3.35. The van der Waals surface area contributed by atoms with Crippen molar-refractivity contribution in [3.8, 4) is 0 Å². The van der Waals surface area contributed by atoms with Crippen LogP contribution in [0.4, 0.5) is 0 Å². The summed E-state index contributed by atoms with van der Waals surface area (Å²) in [6.07, 6.45) is 8.00. The first kappa shape index (κ1) is 23.7. The molecule has 0 spiro atoms. The zero-order chi connectivity index (χ0) is 21.5. The number of rotatable bonds is 6. The third-order valence-electron chi connectivity index (χ3n) is 6.69. The first-order chi connectivity index (χ1) is 14.5. The summed E-state index contributed by atoms with van der Waals surface area (Å²) in [5, 5.41) is 20.4. The Labute approximate surface area is 183 Å². The minimum atomic E-state index is -2.21. The molecule has 2 saturated heterocycles. The Morgan fingerprint density at radius 3 is 2.17 bits per heavy atom. The molecule has 0 saturated carbocycles. The van der Waals surface area contributed by atoms with Gasteiger partial charge in [-0.05, 0) is 51.4 Å². The zero-order valence-corrected chi connectivity index (χ0v) is 19.6. The van der Waals surface area contributed by atoms with Crippen molar-refractivity contribution in [2.75, 3.05) is 25.5 Å². The van der Waals surface area contributed by atoms with Crippen molar-refractivity contribution in [2.24, 2.45) is 0 Å². The van der Waals surface area contributed by atoms with E-state index >= 15 is 0 Å². The van der Waals surface area contributed by atoms with Gasteiger partial charge in [-0.2, -0.15) is 0 Å². The van der Waals surface area contributed by atoms with Gasteiger partial charge in [0.2, 0.25) is 0 Å². The van der Waals surface area contributed by atoms with Crippen molar-refractivity contribution in [3.05, 3.63) is 60.7 Å².